The highest BCUT2D eigenvalue weighted by atomic mass is 16.1. The van der Waals surface area contributed by atoms with Crippen LogP contribution in [0.25, 0.3) is 0 Å². The quantitative estimate of drug-likeness (QED) is 0.588. The standard InChI is InChI=1S/C10H9NO/c1-7-3-4-9(5-11)8(2)10(7)6-12/h3-4,6H,1-2H3. The Labute approximate surface area is 71.4 Å². The average molecular weight is 159 g/mol. The zero-order valence-corrected chi connectivity index (χ0v) is 7.09. The summed E-state index contributed by atoms with van der Waals surface area (Å²) < 4.78 is 0. The summed E-state index contributed by atoms with van der Waals surface area (Å²) in [5.74, 6) is 0. The second-order valence-electron chi connectivity index (χ2n) is 2.70. The fourth-order valence-electron chi connectivity index (χ4n) is 1.17. The highest BCUT2D eigenvalue weighted by Gasteiger charge is 2.04. The maximum atomic E-state index is 10.6. The first-order valence-corrected chi connectivity index (χ1v) is 3.66. The second kappa shape index (κ2) is 3.19. The van der Waals surface area contributed by atoms with Crippen molar-refractivity contribution in [3.05, 3.63) is 34.4 Å². The summed E-state index contributed by atoms with van der Waals surface area (Å²) in [6, 6.07) is 5.56. The van der Waals surface area contributed by atoms with E-state index >= 15 is 0 Å². The third-order valence-electron chi connectivity index (χ3n) is 1.97. The Kier molecular flexibility index (Phi) is 2.25. The van der Waals surface area contributed by atoms with Crippen LogP contribution in [0.3, 0.4) is 0 Å². The Morgan fingerprint density at radius 3 is 2.58 bits per heavy atom. The van der Waals surface area contributed by atoms with Gasteiger partial charge >= 0.3 is 0 Å². The molecule has 0 aliphatic carbocycles. The Morgan fingerprint density at radius 1 is 1.42 bits per heavy atom. The molecule has 0 aromatic heterocycles. The number of hydrogen-bond acceptors (Lipinski definition) is 2. The molecule has 0 heterocycles. The summed E-state index contributed by atoms with van der Waals surface area (Å²) in [6.45, 7) is 3.65. The fourth-order valence-corrected chi connectivity index (χ4v) is 1.17. The minimum Gasteiger partial charge on any atom is -0.298 e. The van der Waals surface area contributed by atoms with Crippen molar-refractivity contribution in [2.45, 2.75) is 13.8 Å². The van der Waals surface area contributed by atoms with Gasteiger partial charge in [0.2, 0.25) is 0 Å². The predicted octanol–water partition coefficient (Wildman–Crippen LogP) is 1.99. The number of aryl methyl sites for hydroxylation is 1. The first-order chi connectivity index (χ1) is 5.70. The van der Waals surface area contributed by atoms with Crippen LogP contribution in [0, 0.1) is 25.2 Å². The van der Waals surface area contributed by atoms with Gasteiger partial charge in [-0.2, -0.15) is 5.26 Å². The summed E-state index contributed by atoms with van der Waals surface area (Å²) >= 11 is 0. The summed E-state index contributed by atoms with van der Waals surface area (Å²) in [7, 11) is 0. The Hall–Kier alpha value is -1.62. The van der Waals surface area contributed by atoms with Crippen molar-refractivity contribution in [3.8, 4) is 6.07 Å². The number of nitrogens with zero attached hydrogens (tertiary/aromatic N) is 1. The lowest BCUT2D eigenvalue weighted by molar-refractivity contribution is 0.112. The van der Waals surface area contributed by atoms with Gasteiger partial charge in [-0.1, -0.05) is 6.07 Å². The van der Waals surface area contributed by atoms with Crippen molar-refractivity contribution >= 4 is 6.29 Å². The van der Waals surface area contributed by atoms with E-state index in [1.54, 1.807) is 19.1 Å². The lowest BCUT2D eigenvalue weighted by atomic mass is 9.99. The summed E-state index contributed by atoms with van der Waals surface area (Å²) in [5.41, 5.74) is 2.89. The molecule has 0 saturated carbocycles. The SMILES string of the molecule is Cc1ccc(C#N)c(C)c1C=O. The van der Waals surface area contributed by atoms with Gasteiger partial charge < -0.3 is 0 Å². The molecule has 0 fully saturated rings. The van der Waals surface area contributed by atoms with E-state index in [9.17, 15) is 4.79 Å². The smallest absolute Gasteiger partial charge is 0.150 e. The molecule has 0 saturated heterocycles. The van der Waals surface area contributed by atoms with Gasteiger partial charge in [0.15, 0.2) is 6.29 Å². The maximum absolute atomic E-state index is 10.6. The molecule has 0 aliphatic heterocycles. The van der Waals surface area contributed by atoms with E-state index in [1.807, 2.05) is 13.0 Å². The first kappa shape index (κ1) is 8.48. The van der Waals surface area contributed by atoms with Crippen molar-refractivity contribution in [2.75, 3.05) is 0 Å². The number of carbonyl (C=O) groups excluding carboxylic acids is 1. The first-order valence-electron chi connectivity index (χ1n) is 3.66. The average Bonchev–Trinajstić information content (AvgIpc) is 2.06. The monoisotopic (exact) mass is 159 g/mol. The van der Waals surface area contributed by atoms with Gasteiger partial charge in [-0.15, -0.1) is 0 Å². The van der Waals surface area contributed by atoms with Crippen molar-refractivity contribution in [1.29, 1.82) is 5.26 Å². The topological polar surface area (TPSA) is 40.9 Å². The highest BCUT2D eigenvalue weighted by Crippen LogP contribution is 2.15. The van der Waals surface area contributed by atoms with Gasteiger partial charge in [0, 0.05) is 5.56 Å². The molecule has 1 aromatic carbocycles. The van der Waals surface area contributed by atoms with Crippen molar-refractivity contribution in [2.24, 2.45) is 0 Å². The minimum absolute atomic E-state index is 0.572. The lowest BCUT2D eigenvalue weighted by Gasteiger charge is -2.03. The number of carbonyl (C=O) groups is 1. The third-order valence-corrected chi connectivity index (χ3v) is 1.97. The van der Waals surface area contributed by atoms with Crippen molar-refractivity contribution < 1.29 is 4.79 Å². The number of hydrogen-bond donors (Lipinski definition) is 0. The normalized spacial score (nSPS) is 9.08. The lowest BCUT2D eigenvalue weighted by Crippen LogP contribution is -1.94. The van der Waals surface area contributed by atoms with Gasteiger partial charge in [-0.3, -0.25) is 4.79 Å². The van der Waals surface area contributed by atoms with E-state index in [2.05, 4.69) is 0 Å². The van der Waals surface area contributed by atoms with E-state index in [0.29, 0.717) is 11.1 Å². The largest absolute Gasteiger partial charge is 0.298 e. The van der Waals surface area contributed by atoms with Crippen LogP contribution in [-0.2, 0) is 0 Å². The van der Waals surface area contributed by atoms with Crippen LogP contribution in [0.5, 0.6) is 0 Å². The van der Waals surface area contributed by atoms with Crippen molar-refractivity contribution in [1.82, 2.24) is 0 Å². The number of benzene rings is 1. The summed E-state index contributed by atoms with van der Waals surface area (Å²) in [5, 5.41) is 8.66. The van der Waals surface area contributed by atoms with Gasteiger partial charge in [0.25, 0.3) is 0 Å². The molecule has 2 nitrogen and oxygen atoms in total. The predicted molar refractivity (Wildman–Crippen MR) is 46.0 cm³/mol. The summed E-state index contributed by atoms with van der Waals surface area (Å²) in [6.07, 6.45) is 0.797. The Morgan fingerprint density at radius 2 is 2.08 bits per heavy atom. The molecule has 1 rings (SSSR count). The molecule has 0 unspecified atom stereocenters. The molecule has 0 amide bonds. The summed E-state index contributed by atoms with van der Waals surface area (Å²) in [4.78, 5) is 10.6. The zero-order chi connectivity index (χ0) is 9.14. The molecular weight excluding hydrogens is 150 g/mol. The maximum Gasteiger partial charge on any atom is 0.150 e. The van der Waals surface area contributed by atoms with E-state index in [-0.39, 0.29) is 0 Å². The molecule has 0 atom stereocenters. The number of nitriles is 1. The Bertz CT molecular complexity index is 361. The molecule has 0 spiro atoms. The number of aldehydes is 1. The van der Waals surface area contributed by atoms with E-state index < -0.39 is 0 Å². The molecule has 0 aliphatic rings. The molecule has 0 radical (unpaired) electrons. The van der Waals surface area contributed by atoms with Crippen LogP contribution >= 0.6 is 0 Å². The third kappa shape index (κ3) is 1.22. The molecular formula is C10H9NO. The fraction of sp³-hybridized carbons (Fsp3) is 0.200. The molecule has 2 heteroatoms. The molecule has 0 N–H and O–H groups in total. The molecule has 60 valence electrons. The van der Waals surface area contributed by atoms with Gasteiger partial charge in [-0.05, 0) is 31.0 Å². The minimum atomic E-state index is 0.572. The van der Waals surface area contributed by atoms with Crippen molar-refractivity contribution in [3.63, 3.8) is 0 Å². The Balaban J connectivity index is 3.46. The zero-order valence-electron chi connectivity index (χ0n) is 7.09. The molecule has 12 heavy (non-hydrogen) atoms. The number of rotatable bonds is 1. The van der Waals surface area contributed by atoms with Gasteiger partial charge in [0.1, 0.15) is 0 Å². The van der Waals surface area contributed by atoms with Gasteiger partial charge in [0.05, 0.1) is 11.6 Å². The highest BCUT2D eigenvalue weighted by molar-refractivity contribution is 5.80. The molecule has 0 bridgehead atoms. The van der Waals surface area contributed by atoms with E-state index in [0.717, 1.165) is 17.4 Å². The van der Waals surface area contributed by atoms with Crippen LogP contribution in [-0.4, -0.2) is 6.29 Å². The van der Waals surface area contributed by atoms with Crippen LogP contribution in [0.4, 0.5) is 0 Å². The van der Waals surface area contributed by atoms with Gasteiger partial charge in [-0.25, -0.2) is 0 Å². The second-order valence-corrected chi connectivity index (χ2v) is 2.70. The van der Waals surface area contributed by atoms with Crippen LogP contribution in [0.15, 0.2) is 12.1 Å². The van der Waals surface area contributed by atoms with Crippen LogP contribution < -0.4 is 0 Å². The molecule has 1 aromatic rings. The van der Waals surface area contributed by atoms with E-state index in [4.69, 9.17) is 5.26 Å². The van der Waals surface area contributed by atoms with Crippen LogP contribution in [0.1, 0.15) is 27.0 Å². The van der Waals surface area contributed by atoms with E-state index in [1.165, 1.54) is 0 Å². The van der Waals surface area contributed by atoms with Crippen LogP contribution in [0.2, 0.25) is 0 Å².